The normalized spacial score (nSPS) is 27.6. The molecule has 0 saturated carbocycles. The number of allylic oxidation sites excluding steroid dienone is 1. The molecule has 0 amide bonds. The van der Waals surface area contributed by atoms with Crippen molar-refractivity contribution < 1.29 is 19.1 Å². The number of hydrogen-bond donors (Lipinski definition) is 0. The lowest BCUT2D eigenvalue weighted by molar-refractivity contribution is -0.140. The van der Waals surface area contributed by atoms with E-state index in [1.54, 1.807) is 6.92 Å². The second-order valence-corrected chi connectivity index (χ2v) is 3.89. The number of ether oxygens (including phenoxy) is 2. The minimum Gasteiger partial charge on any atom is -0.455 e. The first kappa shape index (κ1) is 13.5. The van der Waals surface area contributed by atoms with Crippen LogP contribution in [0.2, 0.25) is 0 Å². The number of carbonyl (C=O) groups excluding carboxylic acids is 2. The van der Waals surface area contributed by atoms with E-state index in [0.717, 1.165) is 24.1 Å². The van der Waals surface area contributed by atoms with Crippen molar-refractivity contribution in [1.82, 2.24) is 0 Å². The van der Waals surface area contributed by atoms with Gasteiger partial charge in [-0.15, -0.1) is 0 Å². The predicted molar refractivity (Wildman–Crippen MR) is 63.0 cm³/mol. The van der Waals surface area contributed by atoms with Crippen molar-refractivity contribution in [3.63, 3.8) is 0 Å². The molecule has 1 rings (SSSR count). The fraction of sp³-hybridized carbons (Fsp3) is 0.538. The van der Waals surface area contributed by atoms with Crippen molar-refractivity contribution in [3.05, 3.63) is 23.5 Å². The molecule has 94 valence electrons. The Hall–Kier alpha value is -1.58. The molecule has 0 radical (unpaired) electrons. The van der Waals surface area contributed by atoms with E-state index in [1.807, 2.05) is 13.8 Å². The molecule has 0 aromatic heterocycles. The third kappa shape index (κ3) is 3.73. The van der Waals surface area contributed by atoms with E-state index in [9.17, 15) is 9.59 Å². The molecule has 17 heavy (non-hydrogen) atoms. The van der Waals surface area contributed by atoms with Crippen LogP contribution in [0.3, 0.4) is 0 Å². The number of carbonyl (C=O) groups is 2. The van der Waals surface area contributed by atoms with Crippen LogP contribution in [0, 0.1) is 0 Å². The maximum absolute atomic E-state index is 11.4. The van der Waals surface area contributed by atoms with E-state index in [-0.39, 0.29) is 6.10 Å². The zero-order chi connectivity index (χ0) is 12.8. The van der Waals surface area contributed by atoms with Gasteiger partial charge in [0.05, 0.1) is 0 Å². The number of esters is 2. The second kappa shape index (κ2) is 6.23. The molecule has 0 spiro atoms. The van der Waals surface area contributed by atoms with E-state index in [1.165, 1.54) is 0 Å². The van der Waals surface area contributed by atoms with Crippen LogP contribution in [0.4, 0.5) is 0 Å². The molecule has 0 saturated heterocycles. The van der Waals surface area contributed by atoms with Crippen LogP contribution in [-0.2, 0) is 19.1 Å². The van der Waals surface area contributed by atoms with Crippen LogP contribution in [0.25, 0.3) is 0 Å². The molecule has 0 aromatic rings. The molecule has 1 unspecified atom stereocenters. The van der Waals surface area contributed by atoms with E-state index in [2.05, 4.69) is 0 Å². The zero-order valence-electron chi connectivity index (χ0n) is 10.5. The summed E-state index contributed by atoms with van der Waals surface area (Å²) < 4.78 is 10.4. The molecule has 1 aliphatic heterocycles. The standard InChI is InChI=1S/C13H18O4/c1-4-6-11-10(5-2)9(3)16-12(14)7-8-13(15)17-11/h7-9H,4-6H2,1-3H3/b8-7-,11-10-. The van der Waals surface area contributed by atoms with Crippen molar-refractivity contribution in [2.45, 2.75) is 46.1 Å². The molecule has 1 aliphatic rings. The Labute approximate surface area is 101 Å². The first-order valence-electron chi connectivity index (χ1n) is 5.90. The molecule has 4 nitrogen and oxygen atoms in total. The molecular formula is C13H18O4. The van der Waals surface area contributed by atoms with Crippen LogP contribution in [0.1, 0.15) is 40.0 Å². The summed E-state index contributed by atoms with van der Waals surface area (Å²) in [4.78, 5) is 22.8. The van der Waals surface area contributed by atoms with Gasteiger partial charge in [-0.2, -0.15) is 0 Å². The average molecular weight is 238 g/mol. The Bertz CT molecular complexity index is 366. The lowest BCUT2D eigenvalue weighted by atomic mass is 10.0. The fourth-order valence-electron chi connectivity index (χ4n) is 1.79. The van der Waals surface area contributed by atoms with Crippen LogP contribution in [-0.4, -0.2) is 18.0 Å². The largest absolute Gasteiger partial charge is 0.455 e. The predicted octanol–water partition coefficient (Wildman–Crippen LogP) is 2.50. The summed E-state index contributed by atoms with van der Waals surface area (Å²) in [6, 6.07) is 0. The van der Waals surface area contributed by atoms with Crippen molar-refractivity contribution in [3.8, 4) is 0 Å². The second-order valence-electron chi connectivity index (χ2n) is 3.89. The topological polar surface area (TPSA) is 52.6 Å². The summed E-state index contributed by atoms with van der Waals surface area (Å²) in [5, 5.41) is 0. The van der Waals surface area contributed by atoms with Crippen LogP contribution < -0.4 is 0 Å². The highest BCUT2D eigenvalue weighted by atomic mass is 16.6. The van der Waals surface area contributed by atoms with Crippen LogP contribution in [0.5, 0.6) is 0 Å². The van der Waals surface area contributed by atoms with Gasteiger partial charge in [0.2, 0.25) is 0 Å². The van der Waals surface area contributed by atoms with Crippen molar-refractivity contribution in [2.75, 3.05) is 0 Å². The fourth-order valence-corrected chi connectivity index (χ4v) is 1.79. The Balaban J connectivity index is 3.09. The van der Waals surface area contributed by atoms with Gasteiger partial charge in [-0.25, -0.2) is 9.59 Å². The quantitative estimate of drug-likeness (QED) is 0.709. The Kier molecular flexibility index (Phi) is 4.94. The van der Waals surface area contributed by atoms with Gasteiger partial charge in [0.1, 0.15) is 11.9 Å². The smallest absolute Gasteiger partial charge is 0.336 e. The molecule has 0 bridgehead atoms. The van der Waals surface area contributed by atoms with Crippen molar-refractivity contribution in [2.24, 2.45) is 0 Å². The first-order chi connectivity index (χ1) is 8.08. The van der Waals surface area contributed by atoms with Gasteiger partial charge >= 0.3 is 11.9 Å². The summed E-state index contributed by atoms with van der Waals surface area (Å²) in [7, 11) is 0. The number of hydrogen-bond acceptors (Lipinski definition) is 4. The van der Waals surface area contributed by atoms with E-state index in [0.29, 0.717) is 18.6 Å². The summed E-state index contributed by atoms with van der Waals surface area (Å²) in [6.07, 6.45) is 4.08. The van der Waals surface area contributed by atoms with Crippen molar-refractivity contribution >= 4 is 11.9 Å². The SMILES string of the molecule is CCC/C1=C(\CC)C(C)OC(=O)/C=C\C(=O)O1. The average Bonchev–Trinajstić information content (AvgIpc) is 2.31. The van der Waals surface area contributed by atoms with Crippen molar-refractivity contribution in [1.29, 1.82) is 0 Å². The van der Waals surface area contributed by atoms with E-state index < -0.39 is 11.9 Å². The number of cyclic esters (lactones) is 2. The van der Waals surface area contributed by atoms with Crippen LogP contribution in [0.15, 0.2) is 23.5 Å². The summed E-state index contributed by atoms with van der Waals surface area (Å²) >= 11 is 0. The first-order valence-corrected chi connectivity index (χ1v) is 5.90. The van der Waals surface area contributed by atoms with E-state index in [4.69, 9.17) is 9.47 Å². The molecule has 0 aliphatic carbocycles. The Morgan fingerprint density at radius 1 is 1.18 bits per heavy atom. The zero-order valence-corrected chi connectivity index (χ0v) is 10.5. The Morgan fingerprint density at radius 3 is 2.41 bits per heavy atom. The highest BCUT2D eigenvalue weighted by molar-refractivity contribution is 5.92. The minimum absolute atomic E-state index is 0.357. The highest BCUT2D eigenvalue weighted by Crippen LogP contribution is 2.22. The summed E-state index contributed by atoms with van der Waals surface area (Å²) in [5.74, 6) is -0.407. The van der Waals surface area contributed by atoms with Crippen LogP contribution >= 0.6 is 0 Å². The molecule has 1 atom stereocenters. The monoisotopic (exact) mass is 238 g/mol. The van der Waals surface area contributed by atoms with Gasteiger partial charge in [0, 0.05) is 24.1 Å². The van der Waals surface area contributed by atoms with Gasteiger partial charge in [0.25, 0.3) is 0 Å². The minimum atomic E-state index is -0.523. The van der Waals surface area contributed by atoms with Gasteiger partial charge in [-0.1, -0.05) is 13.8 Å². The molecule has 0 N–H and O–H groups in total. The third-order valence-electron chi connectivity index (χ3n) is 2.58. The lowest BCUT2D eigenvalue weighted by Crippen LogP contribution is -2.17. The Morgan fingerprint density at radius 2 is 1.82 bits per heavy atom. The summed E-state index contributed by atoms with van der Waals surface area (Å²) in [5.41, 5.74) is 0.872. The highest BCUT2D eigenvalue weighted by Gasteiger charge is 2.20. The maximum Gasteiger partial charge on any atom is 0.336 e. The van der Waals surface area contributed by atoms with E-state index >= 15 is 0 Å². The maximum atomic E-state index is 11.4. The van der Waals surface area contributed by atoms with Gasteiger partial charge in [-0.05, 0) is 19.8 Å². The molecule has 0 fully saturated rings. The molecule has 4 heteroatoms. The molecular weight excluding hydrogens is 220 g/mol. The van der Waals surface area contributed by atoms with Gasteiger partial charge < -0.3 is 9.47 Å². The summed E-state index contributed by atoms with van der Waals surface area (Å²) in [6.45, 7) is 5.75. The molecule has 0 aromatic carbocycles. The van der Waals surface area contributed by atoms with Gasteiger partial charge in [0.15, 0.2) is 0 Å². The third-order valence-corrected chi connectivity index (χ3v) is 2.58. The lowest BCUT2D eigenvalue weighted by Gasteiger charge is -2.18. The molecule has 1 heterocycles. The van der Waals surface area contributed by atoms with Gasteiger partial charge in [-0.3, -0.25) is 0 Å². The number of rotatable bonds is 3.